The van der Waals surface area contributed by atoms with E-state index in [1.54, 1.807) is 18.6 Å². The van der Waals surface area contributed by atoms with Gasteiger partial charge in [0.2, 0.25) is 0 Å². The van der Waals surface area contributed by atoms with E-state index in [9.17, 15) is 0 Å². The molecule has 0 aromatic carbocycles. The molecule has 2 rings (SSSR count). The largest absolute Gasteiger partial charge is 0.381 e. The lowest BCUT2D eigenvalue weighted by molar-refractivity contribution is 0.0662. The molecule has 1 saturated heterocycles. The summed E-state index contributed by atoms with van der Waals surface area (Å²) in [5, 5.41) is 3.41. The molecule has 0 unspecified atom stereocenters. The lowest BCUT2D eigenvalue weighted by Gasteiger charge is -2.22. The molecule has 0 bridgehead atoms. The standard InChI is InChI=1S/C11H17N3O/c1-5-15-6-2-10(1)7-13-9-11-8-12-3-4-14-11/h3-4,8,10,13H,1-2,5-7,9H2. The first-order valence-corrected chi connectivity index (χ1v) is 5.48. The topological polar surface area (TPSA) is 47.0 Å². The average Bonchev–Trinajstić information content (AvgIpc) is 2.32. The van der Waals surface area contributed by atoms with Crippen LogP contribution < -0.4 is 5.32 Å². The van der Waals surface area contributed by atoms with Gasteiger partial charge >= 0.3 is 0 Å². The van der Waals surface area contributed by atoms with Gasteiger partial charge in [-0.25, -0.2) is 0 Å². The maximum absolute atomic E-state index is 5.31. The van der Waals surface area contributed by atoms with E-state index in [2.05, 4.69) is 15.3 Å². The van der Waals surface area contributed by atoms with Crippen LogP contribution in [0.25, 0.3) is 0 Å². The van der Waals surface area contributed by atoms with E-state index < -0.39 is 0 Å². The molecule has 1 N–H and O–H groups in total. The van der Waals surface area contributed by atoms with Crippen LogP contribution in [-0.2, 0) is 11.3 Å². The molecule has 15 heavy (non-hydrogen) atoms. The smallest absolute Gasteiger partial charge is 0.0724 e. The molecule has 0 amide bonds. The van der Waals surface area contributed by atoms with E-state index in [0.717, 1.165) is 37.9 Å². The summed E-state index contributed by atoms with van der Waals surface area (Å²) in [6.07, 6.45) is 7.57. The van der Waals surface area contributed by atoms with Crippen LogP contribution in [-0.4, -0.2) is 29.7 Å². The van der Waals surface area contributed by atoms with Crippen molar-refractivity contribution in [1.82, 2.24) is 15.3 Å². The van der Waals surface area contributed by atoms with Crippen molar-refractivity contribution in [2.45, 2.75) is 19.4 Å². The number of nitrogens with one attached hydrogen (secondary N) is 1. The maximum Gasteiger partial charge on any atom is 0.0724 e. The van der Waals surface area contributed by atoms with Crippen LogP contribution in [0, 0.1) is 5.92 Å². The minimum atomic E-state index is 0.760. The Morgan fingerprint density at radius 2 is 2.20 bits per heavy atom. The molecule has 1 aliphatic heterocycles. The first kappa shape index (κ1) is 10.5. The lowest BCUT2D eigenvalue weighted by Crippen LogP contribution is -2.27. The summed E-state index contributed by atoms with van der Waals surface area (Å²) in [6, 6.07) is 0. The van der Waals surface area contributed by atoms with Crippen molar-refractivity contribution < 1.29 is 4.74 Å². The van der Waals surface area contributed by atoms with Crippen LogP contribution >= 0.6 is 0 Å². The normalized spacial score (nSPS) is 17.9. The van der Waals surface area contributed by atoms with Gasteiger partial charge in [-0.15, -0.1) is 0 Å². The van der Waals surface area contributed by atoms with Crippen molar-refractivity contribution in [2.24, 2.45) is 5.92 Å². The van der Waals surface area contributed by atoms with Gasteiger partial charge in [0.1, 0.15) is 0 Å². The number of ether oxygens (including phenoxy) is 1. The molecule has 82 valence electrons. The Kier molecular flexibility index (Phi) is 4.05. The van der Waals surface area contributed by atoms with Gasteiger partial charge in [0.05, 0.1) is 5.69 Å². The predicted octanol–water partition coefficient (Wildman–Crippen LogP) is 0.993. The molecule has 2 heterocycles. The monoisotopic (exact) mass is 207 g/mol. The molecular formula is C11H17N3O. The quantitative estimate of drug-likeness (QED) is 0.800. The summed E-state index contributed by atoms with van der Waals surface area (Å²) in [5.74, 6) is 0.760. The highest BCUT2D eigenvalue weighted by Crippen LogP contribution is 2.13. The van der Waals surface area contributed by atoms with Crippen LogP contribution in [0.1, 0.15) is 18.5 Å². The predicted molar refractivity (Wildman–Crippen MR) is 57.3 cm³/mol. The zero-order chi connectivity index (χ0) is 10.3. The van der Waals surface area contributed by atoms with Crippen LogP contribution in [0.15, 0.2) is 18.6 Å². The number of hydrogen-bond donors (Lipinski definition) is 1. The number of rotatable bonds is 4. The van der Waals surface area contributed by atoms with Crippen molar-refractivity contribution in [2.75, 3.05) is 19.8 Å². The van der Waals surface area contributed by atoms with Crippen molar-refractivity contribution in [1.29, 1.82) is 0 Å². The summed E-state index contributed by atoms with van der Waals surface area (Å²) in [5.41, 5.74) is 1.00. The van der Waals surface area contributed by atoms with E-state index >= 15 is 0 Å². The molecule has 1 fully saturated rings. The summed E-state index contributed by atoms with van der Waals surface area (Å²) in [6.45, 7) is 3.69. The number of aromatic nitrogens is 2. The minimum Gasteiger partial charge on any atom is -0.381 e. The average molecular weight is 207 g/mol. The molecule has 1 aliphatic rings. The molecule has 1 aromatic heterocycles. The SMILES string of the molecule is c1cnc(CNCC2CCOCC2)cn1. The first-order chi connectivity index (χ1) is 7.45. The maximum atomic E-state index is 5.31. The summed E-state index contributed by atoms with van der Waals surface area (Å²) in [7, 11) is 0. The van der Waals surface area contributed by atoms with E-state index in [1.807, 2.05) is 0 Å². The highest BCUT2D eigenvalue weighted by molar-refractivity contribution is 4.93. The Morgan fingerprint density at radius 3 is 2.93 bits per heavy atom. The molecular weight excluding hydrogens is 190 g/mol. The number of hydrogen-bond acceptors (Lipinski definition) is 4. The fourth-order valence-electron chi connectivity index (χ4n) is 1.78. The van der Waals surface area contributed by atoms with E-state index in [4.69, 9.17) is 4.74 Å². The molecule has 1 aromatic rings. The van der Waals surface area contributed by atoms with Crippen LogP contribution in [0.4, 0.5) is 0 Å². The van der Waals surface area contributed by atoms with Gasteiger partial charge in [-0.2, -0.15) is 0 Å². The van der Waals surface area contributed by atoms with Crippen LogP contribution in [0.2, 0.25) is 0 Å². The first-order valence-electron chi connectivity index (χ1n) is 5.48. The molecule has 4 nitrogen and oxygen atoms in total. The van der Waals surface area contributed by atoms with Crippen molar-refractivity contribution in [3.63, 3.8) is 0 Å². The summed E-state index contributed by atoms with van der Waals surface area (Å²) >= 11 is 0. The van der Waals surface area contributed by atoms with E-state index in [1.165, 1.54) is 12.8 Å². The molecule has 0 aliphatic carbocycles. The van der Waals surface area contributed by atoms with Crippen LogP contribution in [0.3, 0.4) is 0 Å². The van der Waals surface area contributed by atoms with Gasteiger partial charge in [0, 0.05) is 38.3 Å². The van der Waals surface area contributed by atoms with Gasteiger partial charge < -0.3 is 10.1 Å². The van der Waals surface area contributed by atoms with Crippen LogP contribution in [0.5, 0.6) is 0 Å². The second kappa shape index (κ2) is 5.78. The fourth-order valence-corrected chi connectivity index (χ4v) is 1.78. The Bertz CT molecular complexity index is 272. The summed E-state index contributed by atoms with van der Waals surface area (Å²) < 4.78 is 5.31. The summed E-state index contributed by atoms with van der Waals surface area (Å²) in [4.78, 5) is 8.24. The van der Waals surface area contributed by atoms with E-state index in [0.29, 0.717) is 0 Å². The Morgan fingerprint density at radius 1 is 1.33 bits per heavy atom. The van der Waals surface area contributed by atoms with Gasteiger partial charge in [-0.1, -0.05) is 0 Å². The van der Waals surface area contributed by atoms with Crippen molar-refractivity contribution in [3.8, 4) is 0 Å². The van der Waals surface area contributed by atoms with Crippen molar-refractivity contribution in [3.05, 3.63) is 24.3 Å². The molecule has 0 radical (unpaired) electrons. The fraction of sp³-hybridized carbons (Fsp3) is 0.636. The third-order valence-electron chi connectivity index (χ3n) is 2.70. The Balaban J connectivity index is 1.66. The highest BCUT2D eigenvalue weighted by Gasteiger charge is 2.12. The van der Waals surface area contributed by atoms with Gasteiger partial charge in [-0.05, 0) is 25.3 Å². The number of nitrogens with zero attached hydrogens (tertiary/aromatic N) is 2. The lowest BCUT2D eigenvalue weighted by atomic mass is 10.0. The van der Waals surface area contributed by atoms with E-state index in [-0.39, 0.29) is 0 Å². The van der Waals surface area contributed by atoms with Crippen molar-refractivity contribution >= 4 is 0 Å². The van der Waals surface area contributed by atoms with Gasteiger partial charge in [-0.3, -0.25) is 9.97 Å². The second-order valence-corrected chi connectivity index (χ2v) is 3.88. The molecule has 4 heteroatoms. The molecule has 0 atom stereocenters. The Labute approximate surface area is 90.1 Å². The zero-order valence-electron chi connectivity index (χ0n) is 8.85. The zero-order valence-corrected chi connectivity index (χ0v) is 8.85. The third kappa shape index (κ3) is 3.57. The minimum absolute atomic E-state index is 0.760. The highest BCUT2D eigenvalue weighted by atomic mass is 16.5. The van der Waals surface area contributed by atoms with Gasteiger partial charge in [0.15, 0.2) is 0 Å². The third-order valence-corrected chi connectivity index (χ3v) is 2.70. The van der Waals surface area contributed by atoms with Gasteiger partial charge in [0.25, 0.3) is 0 Å². The Hall–Kier alpha value is -1.00. The molecule has 0 saturated carbocycles. The molecule has 0 spiro atoms. The second-order valence-electron chi connectivity index (χ2n) is 3.88.